The first-order valence-corrected chi connectivity index (χ1v) is 6.83. The summed E-state index contributed by atoms with van der Waals surface area (Å²) in [5, 5.41) is 3.25. The normalized spacial score (nSPS) is 17.6. The van der Waals surface area contributed by atoms with E-state index in [-0.39, 0.29) is 11.4 Å². The molecular formula is C15H22N2O. The number of nitrogens with two attached hydrogens (primary N) is 1. The standard InChI is InChI=1S/C15H22N2O/c16-12-6-9-14(18)17-15(10-4-5-11-15)13-7-2-1-3-8-13/h1-3,7-8H,4-6,9-12,16H2,(H,17,18). The fourth-order valence-corrected chi connectivity index (χ4v) is 2.81. The molecule has 0 unspecified atom stereocenters. The van der Waals surface area contributed by atoms with Gasteiger partial charge >= 0.3 is 0 Å². The Balaban J connectivity index is 2.10. The SMILES string of the molecule is NCCCC(=O)NC1(c2ccccc2)CCCC1. The van der Waals surface area contributed by atoms with Crippen LogP contribution in [0.15, 0.2) is 30.3 Å². The molecule has 3 heteroatoms. The van der Waals surface area contributed by atoms with Crippen molar-refractivity contribution in [1.82, 2.24) is 5.32 Å². The largest absolute Gasteiger partial charge is 0.347 e. The maximum absolute atomic E-state index is 12.0. The lowest BCUT2D eigenvalue weighted by atomic mass is 9.88. The zero-order valence-electron chi connectivity index (χ0n) is 10.8. The van der Waals surface area contributed by atoms with E-state index in [0.29, 0.717) is 13.0 Å². The van der Waals surface area contributed by atoms with Gasteiger partial charge in [-0.15, -0.1) is 0 Å². The monoisotopic (exact) mass is 246 g/mol. The maximum Gasteiger partial charge on any atom is 0.220 e. The van der Waals surface area contributed by atoms with E-state index in [1.165, 1.54) is 18.4 Å². The third-order valence-corrected chi connectivity index (χ3v) is 3.77. The fourth-order valence-electron chi connectivity index (χ4n) is 2.81. The summed E-state index contributed by atoms with van der Waals surface area (Å²) in [6.45, 7) is 0.575. The summed E-state index contributed by atoms with van der Waals surface area (Å²) in [4.78, 5) is 12.0. The third-order valence-electron chi connectivity index (χ3n) is 3.77. The van der Waals surface area contributed by atoms with Crippen molar-refractivity contribution >= 4 is 5.91 Å². The number of carbonyl (C=O) groups is 1. The van der Waals surface area contributed by atoms with Crippen molar-refractivity contribution in [1.29, 1.82) is 0 Å². The Morgan fingerprint density at radius 2 is 1.89 bits per heavy atom. The molecule has 2 rings (SSSR count). The van der Waals surface area contributed by atoms with Gasteiger partial charge in [0, 0.05) is 6.42 Å². The van der Waals surface area contributed by atoms with Crippen molar-refractivity contribution in [2.75, 3.05) is 6.54 Å². The Kier molecular flexibility index (Phi) is 4.37. The van der Waals surface area contributed by atoms with Gasteiger partial charge in [0.2, 0.25) is 5.91 Å². The first kappa shape index (κ1) is 13.1. The van der Waals surface area contributed by atoms with Gasteiger partial charge in [-0.1, -0.05) is 43.2 Å². The van der Waals surface area contributed by atoms with E-state index in [0.717, 1.165) is 19.3 Å². The van der Waals surface area contributed by atoms with Crippen LogP contribution in [0.1, 0.15) is 44.1 Å². The van der Waals surface area contributed by atoms with Crippen LogP contribution in [0.3, 0.4) is 0 Å². The Labute approximate surface area is 109 Å². The molecule has 18 heavy (non-hydrogen) atoms. The predicted octanol–water partition coefficient (Wildman–Crippen LogP) is 2.31. The van der Waals surface area contributed by atoms with Crippen LogP contribution in [-0.2, 0) is 10.3 Å². The van der Waals surface area contributed by atoms with E-state index in [9.17, 15) is 4.79 Å². The number of rotatable bonds is 5. The summed E-state index contributed by atoms with van der Waals surface area (Å²) in [5.74, 6) is 0.131. The second kappa shape index (κ2) is 6.01. The lowest BCUT2D eigenvalue weighted by Crippen LogP contribution is -2.43. The number of hydrogen-bond donors (Lipinski definition) is 2. The highest BCUT2D eigenvalue weighted by atomic mass is 16.1. The van der Waals surface area contributed by atoms with Crippen molar-refractivity contribution in [2.24, 2.45) is 5.73 Å². The molecule has 3 nitrogen and oxygen atoms in total. The van der Waals surface area contributed by atoms with Crippen LogP contribution in [0.2, 0.25) is 0 Å². The summed E-state index contributed by atoms with van der Waals surface area (Å²) < 4.78 is 0. The topological polar surface area (TPSA) is 55.1 Å². The van der Waals surface area contributed by atoms with Crippen molar-refractivity contribution in [3.8, 4) is 0 Å². The van der Waals surface area contributed by atoms with E-state index in [2.05, 4.69) is 17.4 Å². The van der Waals surface area contributed by atoms with Crippen LogP contribution in [0.25, 0.3) is 0 Å². The Bertz CT molecular complexity index is 383. The highest BCUT2D eigenvalue weighted by Crippen LogP contribution is 2.38. The maximum atomic E-state index is 12.0. The lowest BCUT2D eigenvalue weighted by molar-refractivity contribution is -0.123. The molecule has 0 radical (unpaired) electrons. The van der Waals surface area contributed by atoms with Gasteiger partial charge in [0.15, 0.2) is 0 Å². The molecule has 0 aliphatic heterocycles. The summed E-state index contributed by atoms with van der Waals surface area (Å²) in [6.07, 6.45) is 5.76. The molecule has 0 saturated heterocycles. The molecular weight excluding hydrogens is 224 g/mol. The molecule has 0 aromatic heterocycles. The van der Waals surface area contributed by atoms with Crippen LogP contribution < -0.4 is 11.1 Å². The minimum absolute atomic E-state index is 0.131. The van der Waals surface area contributed by atoms with Crippen LogP contribution >= 0.6 is 0 Å². The Morgan fingerprint density at radius 1 is 1.22 bits per heavy atom. The summed E-state index contributed by atoms with van der Waals surface area (Å²) >= 11 is 0. The molecule has 1 aliphatic carbocycles. The van der Waals surface area contributed by atoms with E-state index in [1.807, 2.05) is 18.2 Å². The zero-order chi connectivity index (χ0) is 12.8. The van der Waals surface area contributed by atoms with Gasteiger partial charge in [-0.25, -0.2) is 0 Å². The molecule has 0 atom stereocenters. The van der Waals surface area contributed by atoms with E-state index in [4.69, 9.17) is 5.73 Å². The molecule has 1 saturated carbocycles. The Hall–Kier alpha value is -1.35. The quantitative estimate of drug-likeness (QED) is 0.837. The van der Waals surface area contributed by atoms with Crippen molar-refractivity contribution < 1.29 is 4.79 Å². The second-order valence-electron chi connectivity index (χ2n) is 5.10. The lowest BCUT2D eigenvalue weighted by Gasteiger charge is -2.31. The number of benzene rings is 1. The van der Waals surface area contributed by atoms with Gasteiger partial charge in [0.1, 0.15) is 0 Å². The molecule has 1 aromatic carbocycles. The zero-order valence-corrected chi connectivity index (χ0v) is 10.8. The smallest absolute Gasteiger partial charge is 0.220 e. The van der Waals surface area contributed by atoms with Gasteiger partial charge in [-0.3, -0.25) is 4.79 Å². The van der Waals surface area contributed by atoms with Gasteiger partial charge < -0.3 is 11.1 Å². The molecule has 3 N–H and O–H groups in total. The van der Waals surface area contributed by atoms with Crippen LogP contribution in [0.5, 0.6) is 0 Å². The van der Waals surface area contributed by atoms with Gasteiger partial charge in [0.05, 0.1) is 5.54 Å². The third kappa shape index (κ3) is 2.91. The first-order chi connectivity index (χ1) is 8.77. The molecule has 0 bridgehead atoms. The minimum atomic E-state index is -0.132. The van der Waals surface area contributed by atoms with Crippen LogP contribution in [0, 0.1) is 0 Å². The summed E-state index contributed by atoms with van der Waals surface area (Å²) in [7, 11) is 0. The molecule has 1 aromatic rings. The first-order valence-electron chi connectivity index (χ1n) is 6.83. The van der Waals surface area contributed by atoms with Crippen LogP contribution in [-0.4, -0.2) is 12.5 Å². The highest BCUT2D eigenvalue weighted by Gasteiger charge is 2.36. The summed E-state index contributed by atoms with van der Waals surface area (Å²) in [5.41, 5.74) is 6.56. The van der Waals surface area contributed by atoms with Gasteiger partial charge in [-0.05, 0) is 31.4 Å². The fraction of sp³-hybridized carbons (Fsp3) is 0.533. The van der Waals surface area contributed by atoms with Gasteiger partial charge in [0.25, 0.3) is 0 Å². The van der Waals surface area contributed by atoms with E-state index < -0.39 is 0 Å². The number of carbonyl (C=O) groups excluding carboxylic acids is 1. The number of nitrogens with one attached hydrogen (secondary N) is 1. The number of hydrogen-bond acceptors (Lipinski definition) is 2. The second-order valence-corrected chi connectivity index (χ2v) is 5.10. The molecule has 0 heterocycles. The average molecular weight is 246 g/mol. The van der Waals surface area contributed by atoms with Crippen LogP contribution in [0.4, 0.5) is 0 Å². The predicted molar refractivity (Wildman–Crippen MR) is 73.0 cm³/mol. The molecule has 98 valence electrons. The summed E-state index contributed by atoms with van der Waals surface area (Å²) in [6, 6.07) is 10.3. The molecule has 1 fully saturated rings. The number of amides is 1. The van der Waals surface area contributed by atoms with E-state index >= 15 is 0 Å². The van der Waals surface area contributed by atoms with E-state index in [1.54, 1.807) is 0 Å². The average Bonchev–Trinajstić information content (AvgIpc) is 2.87. The van der Waals surface area contributed by atoms with Crippen molar-refractivity contribution in [3.63, 3.8) is 0 Å². The van der Waals surface area contributed by atoms with Crippen molar-refractivity contribution in [2.45, 2.75) is 44.1 Å². The highest BCUT2D eigenvalue weighted by molar-refractivity contribution is 5.77. The molecule has 1 amide bonds. The molecule has 0 spiro atoms. The Morgan fingerprint density at radius 3 is 2.50 bits per heavy atom. The molecule has 1 aliphatic rings. The van der Waals surface area contributed by atoms with Crippen molar-refractivity contribution in [3.05, 3.63) is 35.9 Å². The minimum Gasteiger partial charge on any atom is -0.347 e. The van der Waals surface area contributed by atoms with Gasteiger partial charge in [-0.2, -0.15) is 0 Å².